The van der Waals surface area contributed by atoms with E-state index >= 15 is 4.39 Å². The highest BCUT2D eigenvalue weighted by Crippen LogP contribution is 2.52. The fraction of sp³-hybridized carbons (Fsp3) is 0.520. The first-order valence-electron chi connectivity index (χ1n) is 12.2. The van der Waals surface area contributed by atoms with Crippen LogP contribution in [-0.4, -0.2) is 66.5 Å². The molecule has 40 heavy (non-hydrogen) atoms. The van der Waals surface area contributed by atoms with Crippen molar-refractivity contribution in [1.29, 1.82) is 0 Å². The number of hydrogen-bond donors (Lipinski definition) is 1. The van der Waals surface area contributed by atoms with Crippen molar-refractivity contribution in [3.63, 3.8) is 0 Å². The summed E-state index contributed by atoms with van der Waals surface area (Å²) in [6.45, 7) is 2.72. The summed E-state index contributed by atoms with van der Waals surface area (Å²) in [4.78, 5) is 1.98. The van der Waals surface area contributed by atoms with Gasteiger partial charge in [0.15, 0.2) is 0 Å². The summed E-state index contributed by atoms with van der Waals surface area (Å²) < 4.78 is 136. The van der Waals surface area contributed by atoms with Gasteiger partial charge in [0.2, 0.25) is 10.0 Å². The van der Waals surface area contributed by atoms with Gasteiger partial charge in [0.05, 0.1) is 11.3 Å². The minimum absolute atomic E-state index is 0.0986. The van der Waals surface area contributed by atoms with Crippen molar-refractivity contribution < 1.29 is 48.6 Å². The highest BCUT2D eigenvalue weighted by atomic mass is 35.5. The van der Waals surface area contributed by atoms with Crippen molar-refractivity contribution in [2.75, 3.05) is 19.3 Å². The van der Waals surface area contributed by atoms with E-state index in [1.54, 1.807) is 13.0 Å². The zero-order valence-corrected chi connectivity index (χ0v) is 22.7. The molecule has 0 aliphatic carbocycles. The summed E-state index contributed by atoms with van der Waals surface area (Å²) in [6.07, 6.45) is -9.96. The van der Waals surface area contributed by atoms with Crippen LogP contribution in [0.1, 0.15) is 36.5 Å². The summed E-state index contributed by atoms with van der Waals surface area (Å²) in [5, 5.41) is 8.40. The van der Waals surface area contributed by atoms with E-state index < -0.39 is 55.8 Å². The molecule has 0 amide bonds. The number of alkyl halides is 6. The Bertz CT molecular complexity index is 1390. The van der Waals surface area contributed by atoms with E-state index in [2.05, 4.69) is 0 Å². The van der Waals surface area contributed by atoms with Crippen LogP contribution in [0.5, 0.6) is 0 Å². The third-order valence-corrected chi connectivity index (χ3v) is 9.19. The molecule has 2 saturated heterocycles. The molecular weight excluding hydrogens is 596 g/mol. The Hall–Kier alpha value is -2.00. The molecule has 2 aliphatic heterocycles. The molecule has 5 nitrogen and oxygen atoms in total. The number of sulfonamides is 1. The first-order chi connectivity index (χ1) is 18.3. The summed E-state index contributed by atoms with van der Waals surface area (Å²) in [5.41, 5.74) is -7.71. The molecule has 0 aromatic heterocycles. The molecular formula is C25H25ClF8N2O3S. The molecule has 0 radical (unpaired) electrons. The number of rotatable bonds is 6. The van der Waals surface area contributed by atoms with Crippen LogP contribution in [0.2, 0.25) is 5.02 Å². The molecule has 4 rings (SSSR count). The average molecular weight is 621 g/mol. The second kappa shape index (κ2) is 10.4. The van der Waals surface area contributed by atoms with Crippen molar-refractivity contribution in [2.24, 2.45) is 0 Å². The lowest BCUT2D eigenvalue weighted by Gasteiger charge is -2.39. The summed E-state index contributed by atoms with van der Waals surface area (Å²) in [7, 11) is -3.39. The van der Waals surface area contributed by atoms with Gasteiger partial charge < -0.3 is 5.11 Å². The molecule has 222 valence electrons. The Balaban J connectivity index is 1.68. The summed E-state index contributed by atoms with van der Waals surface area (Å²) in [6, 6.07) is 2.98. The fourth-order valence-electron chi connectivity index (χ4n) is 5.77. The number of halogens is 9. The van der Waals surface area contributed by atoms with Gasteiger partial charge in [-0.25, -0.2) is 17.2 Å². The Morgan fingerprint density at radius 2 is 1.55 bits per heavy atom. The number of likely N-dealkylation sites (tertiary alicyclic amines) is 1. The smallest absolute Gasteiger partial charge is 0.369 e. The predicted molar refractivity (Wildman–Crippen MR) is 131 cm³/mol. The zero-order chi connectivity index (χ0) is 30.0. The number of hydrogen-bond acceptors (Lipinski definition) is 4. The lowest BCUT2D eigenvalue weighted by atomic mass is 9.88. The van der Waals surface area contributed by atoms with Crippen LogP contribution in [0, 0.1) is 11.6 Å². The van der Waals surface area contributed by atoms with Crippen molar-refractivity contribution >= 4 is 21.6 Å². The Morgan fingerprint density at radius 1 is 1.00 bits per heavy atom. The summed E-state index contributed by atoms with van der Waals surface area (Å²) >= 11 is 5.88. The standard InChI is InChI=1S/C25H25ClF8N2O3S/c1-3-14-8-13(10-35-11-15-4-5-16(12-35)36(15)40(2,38)39)9-19(27)20(14)17-6-7-18(22(28)21(17)26)23(37,24(29,30)31)25(32,33)34/h6-9,15-16,37H,3-5,10-12H2,1-2H3. The molecule has 2 aromatic rings. The molecule has 2 fully saturated rings. The molecule has 2 atom stereocenters. The third-order valence-electron chi connectivity index (χ3n) is 7.45. The molecule has 15 heteroatoms. The van der Waals surface area contributed by atoms with Crippen molar-refractivity contribution in [3.8, 4) is 11.1 Å². The van der Waals surface area contributed by atoms with Crippen LogP contribution in [0.3, 0.4) is 0 Å². The van der Waals surface area contributed by atoms with Crippen molar-refractivity contribution in [1.82, 2.24) is 9.21 Å². The number of piperazine rings is 1. The van der Waals surface area contributed by atoms with Gasteiger partial charge in [-0.05, 0) is 36.5 Å². The first-order valence-corrected chi connectivity index (χ1v) is 14.4. The van der Waals surface area contributed by atoms with E-state index in [1.807, 2.05) is 4.90 Å². The lowest BCUT2D eigenvalue weighted by Crippen LogP contribution is -2.55. The molecule has 0 saturated carbocycles. The maximum Gasteiger partial charge on any atom is 0.430 e. The maximum atomic E-state index is 15.4. The normalized spacial score (nSPS) is 21.3. The topological polar surface area (TPSA) is 60.9 Å². The van der Waals surface area contributed by atoms with E-state index in [0.717, 1.165) is 12.3 Å². The van der Waals surface area contributed by atoms with Crippen molar-refractivity contribution in [3.05, 3.63) is 57.6 Å². The second-order valence-electron chi connectivity index (χ2n) is 10.1. The molecule has 1 N–H and O–H groups in total. The number of aliphatic hydroxyl groups is 1. The lowest BCUT2D eigenvalue weighted by molar-refractivity contribution is -0.377. The first kappa shape index (κ1) is 30.9. The largest absolute Gasteiger partial charge is 0.430 e. The minimum atomic E-state index is -6.33. The van der Waals surface area contributed by atoms with E-state index in [-0.39, 0.29) is 42.2 Å². The van der Waals surface area contributed by atoms with Crippen LogP contribution in [-0.2, 0) is 28.6 Å². The van der Waals surface area contributed by atoms with Gasteiger partial charge in [-0.1, -0.05) is 36.7 Å². The Kier molecular flexibility index (Phi) is 8.02. The van der Waals surface area contributed by atoms with Crippen LogP contribution < -0.4 is 0 Å². The van der Waals surface area contributed by atoms with Gasteiger partial charge in [0, 0.05) is 48.4 Å². The number of fused-ring (bicyclic) bond motifs is 2. The molecule has 2 unspecified atom stereocenters. The minimum Gasteiger partial charge on any atom is -0.369 e. The van der Waals surface area contributed by atoms with Crippen molar-refractivity contribution in [2.45, 2.75) is 62.8 Å². The Morgan fingerprint density at radius 3 is 2.02 bits per heavy atom. The van der Waals surface area contributed by atoms with E-state index in [1.165, 1.54) is 4.31 Å². The van der Waals surface area contributed by atoms with Crippen LogP contribution in [0.25, 0.3) is 11.1 Å². The van der Waals surface area contributed by atoms with Gasteiger partial charge in [-0.15, -0.1) is 0 Å². The van der Waals surface area contributed by atoms with Gasteiger partial charge >= 0.3 is 12.4 Å². The third kappa shape index (κ3) is 5.21. The number of nitrogens with zero attached hydrogens (tertiary/aromatic N) is 2. The SMILES string of the molecule is CCc1cc(CN2CC3CCC(C2)N3S(C)(=O)=O)cc(F)c1-c1ccc(C(O)(C(F)(F)F)C(F)(F)F)c(F)c1Cl. The van der Waals surface area contributed by atoms with E-state index in [4.69, 9.17) is 11.6 Å². The van der Waals surface area contributed by atoms with Crippen LogP contribution >= 0.6 is 11.6 Å². The Labute approximate surface area is 230 Å². The van der Waals surface area contributed by atoms with Crippen LogP contribution in [0.15, 0.2) is 24.3 Å². The summed E-state index contributed by atoms with van der Waals surface area (Å²) in [5.74, 6) is -3.11. The van der Waals surface area contributed by atoms with E-state index in [0.29, 0.717) is 37.6 Å². The highest BCUT2D eigenvalue weighted by Gasteiger charge is 2.72. The molecule has 2 aliphatic rings. The zero-order valence-electron chi connectivity index (χ0n) is 21.2. The monoisotopic (exact) mass is 620 g/mol. The second-order valence-corrected chi connectivity index (χ2v) is 12.4. The van der Waals surface area contributed by atoms with Gasteiger partial charge in [0.25, 0.3) is 5.60 Å². The predicted octanol–water partition coefficient (Wildman–Crippen LogP) is 5.77. The maximum absolute atomic E-state index is 15.4. The molecule has 0 spiro atoms. The molecule has 2 aromatic carbocycles. The number of aryl methyl sites for hydroxylation is 1. The van der Waals surface area contributed by atoms with E-state index in [9.17, 15) is 44.3 Å². The fourth-order valence-corrected chi connectivity index (χ4v) is 7.45. The van der Waals surface area contributed by atoms with Gasteiger partial charge in [-0.3, -0.25) is 4.90 Å². The van der Waals surface area contributed by atoms with Gasteiger partial charge in [-0.2, -0.15) is 30.6 Å². The van der Waals surface area contributed by atoms with Gasteiger partial charge in [0.1, 0.15) is 11.6 Å². The molecule has 2 heterocycles. The van der Waals surface area contributed by atoms with Crippen LogP contribution in [0.4, 0.5) is 35.1 Å². The quantitative estimate of drug-likeness (QED) is 0.417. The highest BCUT2D eigenvalue weighted by molar-refractivity contribution is 7.88. The number of benzene rings is 2. The average Bonchev–Trinajstić information content (AvgIpc) is 3.11. The molecule has 2 bridgehead atoms.